The Kier molecular flexibility index (Phi) is 4.88. The molecule has 1 N–H and O–H groups in total. The Morgan fingerprint density at radius 1 is 1.24 bits per heavy atom. The van der Waals surface area contributed by atoms with Crippen molar-refractivity contribution < 1.29 is 4.39 Å². The highest BCUT2D eigenvalue weighted by Gasteiger charge is 2.29. The van der Waals surface area contributed by atoms with Crippen LogP contribution in [0.4, 0.5) is 10.1 Å². The lowest BCUT2D eigenvalue weighted by atomic mass is 9.70. The molecule has 0 spiro atoms. The molecule has 2 rings (SSSR count). The number of nitrogens with zero attached hydrogens (tertiary/aromatic N) is 1. The highest BCUT2D eigenvalue weighted by Crippen LogP contribution is 2.39. The van der Waals surface area contributed by atoms with Gasteiger partial charge in [0.05, 0.1) is 17.3 Å². The fraction of sp³-hybridized carbons (Fsp3) is 0.611. The molecule has 0 radical (unpaired) electrons. The van der Waals surface area contributed by atoms with Crippen LogP contribution in [0.3, 0.4) is 0 Å². The summed E-state index contributed by atoms with van der Waals surface area (Å²) >= 11 is 0. The summed E-state index contributed by atoms with van der Waals surface area (Å²) in [6.45, 7) is 7.78. The Hall–Kier alpha value is -1.56. The second kappa shape index (κ2) is 6.47. The van der Waals surface area contributed by atoms with Crippen LogP contribution in [0.5, 0.6) is 0 Å². The molecule has 0 saturated heterocycles. The number of benzene rings is 1. The normalized spacial score (nSPS) is 22.6. The van der Waals surface area contributed by atoms with Crippen molar-refractivity contribution in [1.82, 2.24) is 0 Å². The average Bonchev–Trinajstić information content (AvgIpc) is 2.45. The third-order valence-corrected chi connectivity index (χ3v) is 4.75. The van der Waals surface area contributed by atoms with Gasteiger partial charge in [0.25, 0.3) is 0 Å². The predicted octanol–water partition coefficient (Wildman–Crippen LogP) is 4.96. The van der Waals surface area contributed by atoms with Gasteiger partial charge in [-0.25, -0.2) is 4.39 Å². The summed E-state index contributed by atoms with van der Waals surface area (Å²) in [6, 6.07) is 6.56. The van der Waals surface area contributed by atoms with Gasteiger partial charge in [-0.1, -0.05) is 20.8 Å². The number of halogens is 1. The van der Waals surface area contributed by atoms with E-state index in [1.807, 2.05) is 6.07 Å². The highest BCUT2D eigenvalue weighted by molar-refractivity contribution is 5.48. The first kappa shape index (κ1) is 15.8. The van der Waals surface area contributed by atoms with Gasteiger partial charge in [-0.2, -0.15) is 5.26 Å². The molecule has 1 aromatic rings. The van der Waals surface area contributed by atoms with Crippen molar-refractivity contribution in [2.45, 2.75) is 46.5 Å². The standard InChI is InChI=1S/C18H25FN2/c1-18(2,3)15-7-4-13(5-8-15)12-21-17-9-6-14(11-20)10-16(17)19/h6,9-10,13,15,21H,4-5,7-8,12H2,1-3H3. The van der Waals surface area contributed by atoms with Crippen LogP contribution >= 0.6 is 0 Å². The van der Waals surface area contributed by atoms with Crippen molar-refractivity contribution in [3.05, 3.63) is 29.6 Å². The van der Waals surface area contributed by atoms with E-state index in [1.165, 1.54) is 31.7 Å². The summed E-state index contributed by atoms with van der Waals surface area (Å²) in [5.41, 5.74) is 1.27. The molecule has 21 heavy (non-hydrogen) atoms. The molecule has 0 heterocycles. The zero-order valence-corrected chi connectivity index (χ0v) is 13.2. The molecule has 3 heteroatoms. The van der Waals surface area contributed by atoms with E-state index in [2.05, 4.69) is 26.1 Å². The lowest BCUT2D eigenvalue weighted by Gasteiger charge is -2.37. The van der Waals surface area contributed by atoms with Gasteiger partial charge in [0, 0.05) is 6.54 Å². The summed E-state index contributed by atoms with van der Waals surface area (Å²) in [7, 11) is 0. The zero-order valence-electron chi connectivity index (χ0n) is 13.2. The smallest absolute Gasteiger partial charge is 0.147 e. The Balaban J connectivity index is 1.84. The first-order valence-corrected chi connectivity index (χ1v) is 7.83. The number of hydrogen-bond donors (Lipinski definition) is 1. The first-order chi connectivity index (χ1) is 9.90. The maximum absolute atomic E-state index is 13.8. The molecular formula is C18H25FN2. The van der Waals surface area contributed by atoms with Crippen molar-refractivity contribution in [1.29, 1.82) is 5.26 Å². The van der Waals surface area contributed by atoms with Crippen LogP contribution in [0.1, 0.15) is 52.0 Å². The molecule has 0 amide bonds. The van der Waals surface area contributed by atoms with Crippen LogP contribution in [-0.2, 0) is 0 Å². The van der Waals surface area contributed by atoms with E-state index in [4.69, 9.17) is 5.26 Å². The maximum atomic E-state index is 13.8. The predicted molar refractivity (Wildman–Crippen MR) is 84.5 cm³/mol. The van der Waals surface area contributed by atoms with Gasteiger partial charge in [0.1, 0.15) is 5.82 Å². The average molecular weight is 288 g/mol. The Bertz CT molecular complexity index is 517. The molecule has 114 valence electrons. The molecule has 0 aromatic heterocycles. The SMILES string of the molecule is CC(C)(C)C1CCC(CNc2ccc(C#N)cc2F)CC1. The molecule has 1 saturated carbocycles. The summed E-state index contributed by atoms with van der Waals surface area (Å²) in [4.78, 5) is 0. The third kappa shape index (κ3) is 4.20. The minimum Gasteiger partial charge on any atom is -0.382 e. The molecule has 1 aromatic carbocycles. The van der Waals surface area contributed by atoms with Crippen LogP contribution in [0.15, 0.2) is 18.2 Å². The van der Waals surface area contributed by atoms with E-state index < -0.39 is 0 Å². The van der Waals surface area contributed by atoms with Gasteiger partial charge >= 0.3 is 0 Å². The quantitative estimate of drug-likeness (QED) is 0.853. The zero-order chi connectivity index (χ0) is 15.5. The summed E-state index contributed by atoms with van der Waals surface area (Å²) < 4.78 is 13.8. The third-order valence-electron chi connectivity index (χ3n) is 4.75. The Morgan fingerprint density at radius 2 is 1.90 bits per heavy atom. The molecule has 0 bridgehead atoms. The molecule has 1 aliphatic carbocycles. The van der Waals surface area contributed by atoms with E-state index in [-0.39, 0.29) is 5.82 Å². The van der Waals surface area contributed by atoms with Gasteiger partial charge in [0.2, 0.25) is 0 Å². The molecular weight excluding hydrogens is 263 g/mol. The lowest BCUT2D eigenvalue weighted by Crippen LogP contribution is -2.28. The van der Waals surface area contributed by atoms with E-state index in [0.717, 1.165) is 12.5 Å². The second-order valence-electron chi connectivity index (χ2n) is 7.27. The number of nitriles is 1. The van der Waals surface area contributed by atoms with Crippen LogP contribution in [0.25, 0.3) is 0 Å². The number of nitrogens with one attached hydrogen (secondary N) is 1. The van der Waals surface area contributed by atoms with E-state index in [9.17, 15) is 4.39 Å². The fourth-order valence-electron chi connectivity index (χ4n) is 3.21. The molecule has 0 atom stereocenters. The molecule has 2 nitrogen and oxygen atoms in total. The minimum absolute atomic E-state index is 0.336. The van der Waals surface area contributed by atoms with Gasteiger partial charge in [0.15, 0.2) is 0 Å². The van der Waals surface area contributed by atoms with Crippen molar-refractivity contribution >= 4 is 5.69 Å². The van der Waals surface area contributed by atoms with Crippen molar-refractivity contribution in [3.63, 3.8) is 0 Å². The number of anilines is 1. The van der Waals surface area contributed by atoms with E-state index >= 15 is 0 Å². The van der Waals surface area contributed by atoms with Gasteiger partial charge in [-0.05, 0) is 61.1 Å². The summed E-state index contributed by atoms with van der Waals surface area (Å²) in [5.74, 6) is 1.09. The fourth-order valence-corrected chi connectivity index (χ4v) is 3.21. The summed E-state index contributed by atoms with van der Waals surface area (Å²) in [5, 5.41) is 11.9. The molecule has 0 aliphatic heterocycles. The highest BCUT2D eigenvalue weighted by atomic mass is 19.1. The molecule has 1 aliphatic rings. The first-order valence-electron chi connectivity index (χ1n) is 7.83. The van der Waals surface area contributed by atoms with Crippen molar-refractivity contribution in [3.8, 4) is 6.07 Å². The summed E-state index contributed by atoms with van der Waals surface area (Å²) in [6.07, 6.45) is 4.97. The van der Waals surface area contributed by atoms with Gasteiger partial charge in [-0.3, -0.25) is 0 Å². The Morgan fingerprint density at radius 3 is 2.43 bits per heavy atom. The topological polar surface area (TPSA) is 35.8 Å². The molecule has 1 fully saturated rings. The minimum atomic E-state index is -0.336. The van der Waals surface area contributed by atoms with Crippen LogP contribution in [0.2, 0.25) is 0 Å². The van der Waals surface area contributed by atoms with E-state index in [1.54, 1.807) is 12.1 Å². The van der Waals surface area contributed by atoms with Crippen molar-refractivity contribution in [2.75, 3.05) is 11.9 Å². The van der Waals surface area contributed by atoms with Crippen LogP contribution in [0, 0.1) is 34.4 Å². The largest absolute Gasteiger partial charge is 0.382 e. The number of hydrogen-bond acceptors (Lipinski definition) is 2. The number of rotatable bonds is 3. The van der Waals surface area contributed by atoms with Crippen LogP contribution in [-0.4, -0.2) is 6.54 Å². The second-order valence-corrected chi connectivity index (χ2v) is 7.27. The van der Waals surface area contributed by atoms with Gasteiger partial charge < -0.3 is 5.32 Å². The Labute approximate surface area is 127 Å². The lowest BCUT2D eigenvalue weighted by molar-refractivity contribution is 0.153. The van der Waals surface area contributed by atoms with Crippen molar-refractivity contribution in [2.24, 2.45) is 17.3 Å². The van der Waals surface area contributed by atoms with Gasteiger partial charge in [-0.15, -0.1) is 0 Å². The monoisotopic (exact) mass is 288 g/mol. The molecule has 0 unspecified atom stereocenters. The van der Waals surface area contributed by atoms with E-state index in [0.29, 0.717) is 22.6 Å². The maximum Gasteiger partial charge on any atom is 0.147 e. The van der Waals surface area contributed by atoms with Crippen LogP contribution < -0.4 is 5.32 Å².